The second-order valence-corrected chi connectivity index (χ2v) is 8.08. The van der Waals surface area contributed by atoms with Crippen LogP contribution in [0.1, 0.15) is 29.6 Å². The average Bonchev–Trinajstić information content (AvgIpc) is 3.19. The van der Waals surface area contributed by atoms with E-state index in [0.29, 0.717) is 18.0 Å². The van der Waals surface area contributed by atoms with Crippen molar-refractivity contribution in [3.63, 3.8) is 0 Å². The molecule has 1 amide bonds. The standard InChI is InChI=1S/C14H19N3O3S/c1-17(13-4-5-21(19,20)9-13)14(18)10-6-12(8-15-7-10)16-11-2-3-11/h6-8,11,13,16H,2-5,9H2,1H3. The molecule has 114 valence electrons. The highest BCUT2D eigenvalue weighted by atomic mass is 32.2. The van der Waals surface area contributed by atoms with E-state index < -0.39 is 9.84 Å². The number of sulfone groups is 1. The lowest BCUT2D eigenvalue weighted by atomic mass is 10.2. The molecule has 6 nitrogen and oxygen atoms in total. The number of hydrogen-bond acceptors (Lipinski definition) is 5. The Morgan fingerprint density at radius 1 is 1.33 bits per heavy atom. The lowest BCUT2D eigenvalue weighted by molar-refractivity contribution is 0.0747. The van der Waals surface area contributed by atoms with Crippen molar-refractivity contribution in [1.29, 1.82) is 0 Å². The first-order chi connectivity index (χ1) is 9.94. The van der Waals surface area contributed by atoms with Gasteiger partial charge in [-0.25, -0.2) is 8.42 Å². The minimum absolute atomic E-state index is 0.0582. The Balaban J connectivity index is 1.72. The van der Waals surface area contributed by atoms with Gasteiger partial charge in [-0.3, -0.25) is 9.78 Å². The first-order valence-corrected chi connectivity index (χ1v) is 8.96. The highest BCUT2D eigenvalue weighted by Crippen LogP contribution is 2.25. The van der Waals surface area contributed by atoms with Crippen LogP contribution in [0.25, 0.3) is 0 Å². The summed E-state index contributed by atoms with van der Waals surface area (Å²) in [5, 5.41) is 3.30. The van der Waals surface area contributed by atoms with Crippen LogP contribution in [0.2, 0.25) is 0 Å². The topological polar surface area (TPSA) is 79.4 Å². The normalized spacial score (nSPS) is 23.8. The third-order valence-corrected chi connectivity index (χ3v) is 5.76. The Hall–Kier alpha value is -1.63. The van der Waals surface area contributed by atoms with Crippen molar-refractivity contribution in [2.75, 3.05) is 23.9 Å². The highest BCUT2D eigenvalue weighted by Gasteiger charge is 2.33. The van der Waals surface area contributed by atoms with E-state index in [1.807, 2.05) is 0 Å². The van der Waals surface area contributed by atoms with Crippen LogP contribution < -0.4 is 5.32 Å². The van der Waals surface area contributed by atoms with Gasteiger partial charge in [0, 0.05) is 31.5 Å². The molecule has 1 aliphatic heterocycles. The molecule has 2 fully saturated rings. The molecule has 0 radical (unpaired) electrons. The molecular weight excluding hydrogens is 290 g/mol. The fourth-order valence-corrected chi connectivity index (χ4v) is 4.32. The van der Waals surface area contributed by atoms with Gasteiger partial charge in [-0.05, 0) is 25.3 Å². The van der Waals surface area contributed by atoms with E-state index in [2.05, 4.69) is 10.3 Å². The Morgan fingerprint density at radius 3 is 2.71 bits per heavy atom. The Kier molecular flexibility index (Phi) is 3.61. The van der Waals surface area contributed by atoms with Crippen LogP contribution >= 0.6 is 0 Å². The smallest absolute Gasteiger partial charge is 0.255 e. The predicted molar refractivity (Wildman–Crippen MR) is 80.0 cm³/mol. The molecule has 1 saturated carbocycles. The molecule has 0 bridgehead atoms. The number of anilines is 1. The van der Waals surface area contributed by atoms with Crippen molar-refractivity contribution in [1.82, 2.24) is 9.88 Å². The minimum Gasteiger partial charge on any atom is -0.381 e. The first-order valence-electron chi connectivity index (χ1n) is 7.14. The maximum atomic E-state index is 12.5. The number of amides is 1. The summed E-state index contributed by atoms with van der Waals surface area (Å²) >= 11 is 0. The molecule has 1 unspecified atom stereocenters. The first kappa shape index (κ1) is 14.3. The molecular formula is C14H19N3O3S. The summed E-state index contributed by atoms with van der Waals surface area (Å²) in [6.07, 6.45) is 6.05. The molecule has 21 heavy (non-hydrogen) atoms. The molecule has 1 N–H and O–H groups in total. The van der Waals surface area contributed by atoms with Gasteiger partial charge in [-0.2, -0.15) is 0 Å². The van der Waals surface area contributed by atoms with Gasteiger partial charge >= 0.3 is 0 Å². The summed E-state index contributed by atoms with van der Waals surface area (Å²) in [6, 6.07) is 2.05. The number of nitrogens with one attached hydrogen (secondary N) is 1. The zero-order valence-electron chi connectivity index (χ0n) is 11.9. The molecule has 1 atom stereocenters. The molecule has 0 spiro atoms. The van der Waals surface area contributed by atoms with E-state index in [-0.39, 0.29) is 23.5 Å². The minimum atomic E-state index is -2.99. The summed E-state index contributed by atoms with van der Waals surface area (Å²) in [6.45, 7) is 0. The summed E-state index contributed by atoms with van der Waals surface area (Å²) < 4.78 is 23.1. The second-order valence-electron chi connectivity index (χ2n) is 5.85. The van der Waals surface area contributed by atoms with Crippen LogP contribution in [-0.4, -0.2) is 54.8 Å². The number of aromatic nitrogens is 1. The maximum absolute atomic E-state index is 12.5. The summed E-state index contributed by atoms with van der Waals surface area (Å²) in [4.78, 5) is 18.1. The van der Waals surface area contributed by atoms with E-state index in [1.54, 1.807) is 19.3 Å². The van der Waals surface area contributed by atoms with Crippen LogP contribution in [0.15, 0.2) is 18.5 Å². The van der Waals surface area contributed by atoms with Crippen LogP contribution in [0.4, 0.5) is 5.69 Å². The highest BCUT2D eigenvalue weighted by molar-refractivity contribution is 7.91. The second kappa shape index (κ2) is 5.29. The third-order valence-electron chi connectivity index (χ3n) is 4.01. The quantitative estimate of drug-likeness (QED) is 0.894. The van der Waals surface area contributed by atoms with Gasteiger partial charge in [-0.1, -0.05) is 0 Å². The van der Waals surface area contributed by atoms with E-state index in [9.17, 15) is 13.2 Å². The van der Waals surface area contributed by atoms with E-state index >= 15 is 0 Å². The molecule has 2 heterocycles. The number of nitrogens with zero attached hydrogens (tertiary/aromatic N) is 2. The van der Waals surface area contributed by atoms with Gasteiger partial charge in [0.1, 0.15) is 0 Å². The van der Waals surface area contributed by atoms with Gasteiger partial charge in [0.25, 0.3) is 5.91 Å². The van der Waals surface area contributed by atoms with E-state index in [1.165, 1.54) is 11.1 Å². The Bertz CT molecular complexity index is 655. The molecule has 1 aromatic rings. The van der Waals surface area contributed by atoms with Crippen molar-refractivity contribution in [2.45, 2.75) is 31.3 Å². The lowest BCUT2D eigenvalue weighted by Gasteiger charge is -2.23. The number of carbonyl (C=O) groups excluding carboxylic acids is 1. The summed E-state index contributed by atoms with van der Waals surface area (Å²) in [5.74, 6) is 0.0449. The fourth-order valence-electron chi connectivity index (χ4n) is 2.55. The van der Waals surface area contributed by atoms with Crippen LogP contribution in [0, 0.1) is 0 Å². The number of carbonyl (C=O) groups is 1. The molecule has 7 heteroatoms. The predicted octanol–water partition coefficient (Wildman–Crippen LogP) is 0.915. The van der Waals surface area contributed by atoms with Crippen molar-refractivity contribution in [2.24, 2.45) is 0 Å². The molecule has 1 aliphatic carbocycles. The zero-order valence-corrected chi connectivity index (χ0v) is 12.8. The third kappa shape index (κ3) is 3.34. The van der Waals surface area contributed by atoms with Crippen molar-refractivity contribution in [3.05, 3.63) is 24.0 Å². The van der Waals surface area contributed by atoms with Crippen LogP contribution in [0.5, 0.6) is 0 Å². The maximum Gasteiger partial charge on any atom is 0.255 e. The van der Waals surface area contributed by atoms with Crippen molar-refractivity contribution in [3.8, 4) is 0 Å². The number of rotatable bonds is 4. The van der Waals surface area contributed by atoms with Crippen molar-refractivity contribution < 1.29 is 13.2 Å². The number of pyridine rings is 1. The van der Waals surface area contributed by atoms with E-state index in [0.717, 1.165) is 18.5 Å². The van der Waals surface area contributed by atoms with Gasteiger partial charge in [0.15, 0.2) is 9.84 Å². The van der Waals surface area contributed by atoms with Gasteiger partial charge in [-0.15, -0.1) is 0 Å². The van der Waals surface area contributed by atoms with Crippen molar-refractivity contribution >= 4 is 21.4 Å². The van der Waals surface area contributed by atoms with Crippen LogP contribution in [-0.2, 0) is 9.84 Å². The number of hydrogen-bond donors (Lipinski definition) is 1. The monoisotopic (exact) mass is 309 g/mol. The zero-order chi connectivity index (χ0) is 15.0. The molecule has 1 saturated heterocycles. The SMILES string of the molecule is CN(C(=O)c1cncc(NC2CC2)c1)C1CCS(=O)(=O)C1. The average molecular weight is 309 g/mol. The molecule has 0 aromatic carbocycles. The largest absolute Gasteiger partial charge is 0.381 e. The lowest BCUT2D eigenvalue weighted by Crippen LogP contribution is -2.37. The van der Waals surface area contributed by atoms with Gasteiger partial charge in [0.2, 0.25) is 0 Å². The van der Waals surface area contributed by atoms with E-state index in [4.69, 9.17) is 0 Å². The fraction of sp³-hybridized carbons (Fsp3) is 0.571. The molecule has 3 rings (SSSR count). The molecule has 2 aliphatic rings. The van der Waals surface area contributed by atoms with Crippen LogP contribution in [0.3, 0.4) is 0 Å². The Labute approximate surface area is 124 Å². The van der Waals surface area contributed by atoms with Gasteiger partial charge in [0.05, 0.1) is 22.8 Å². The summed E-state index contributed by atoms with van der Waals surface area (Å²) in [5.41, 5.74) is 1.34. The van der Waals surface area contributed by atoms with Gasteiger partial charge < -0.3 is 10.2 Å². The molecule has 1 aromatic heterocycles. The Morgan fingerprint density at radius 2 is 2.10 bits per heavy atom. The summed E-state index contributed by atoms with van der Waals surface area (Å²) in [7, 11) is -1.33.